The predicted molar refractivity (Wildman–Crippen MR) is 64.8 cm³/mol. The molecule has 0 aromatic carbocycles. The van der Waals surface area contributed by atoms with Crippen LogP contribution in [0.5, 0.6) is 0 Å². The van der Waals surface area contributed by atoms with Gasteiger partial charge in [-0.05, 0) is 33.7 Å². The third-order valence-corrected chi connectivity index (χ3v) is 1.98. The second-order valence-electron chi connectivity index (χ2n) is 6.04. The first-order valence-electron chi connectivity index (χ1n) is 5.66. The number of carbonyl (C=O) groups excluding carboxylic acids is 1. The smallest absolute Gasteiger partial charge is 0.225 e. The molecule has 1 amide bonds. The maximum atomic E-state index is 11.5. The molecule has 0 saturated carbocycles. The van der Waals surface area contributed by atoms with Gasteiger partial charge in [-0.3, -0.25) is 4.79 Å². The molecule has 0 spiro atoms. The lowest BCUT2D eigenvalue weighted by Gasteiger charge is -2.21. The van der Waals surface area contributed by atoms with Crippen LogP contribution < -0.4 is 10.6 Å². The van der Waals surface area contributed by atoms with Crippen molar-refractivity contribution in [2.24, 2.45) is 5.41 Å². The Bertz CT molecular complexity index is 199. The van der Waals surface area contributed by atoms with Gasteiger partial charge in [-0.25, -0.2) is 0 Å². The normalized spacial score (nSPS) is 12.7. The van der Waals surface area contributed by atoms with E-state index in [1.165, 1.54) is 0 Å². The Labute approximate surface area is 94.0 Å². The molecule has 0 fully saturated rings. The number of carbonyl (C=O) groups is 1. The largest absolute Gasteiger partial charge is 0.356 e. The molecular formula is C12H26N2O. The van der Waals surface area contributed by atoms with E-state index < -0.39 is 0 Å². The van der Waals surface area contributed by atoms with Crippen LogP contribution in [0, 0.1) is 5.41 Å². The highest BCUT2D eigenvalue weighted by Crippen LogP contribution is 2.11. The molecule has 90 valence electrons. The number of amides is 1. The van der Waals surface area contributed by atoms with Crippen molar-refractivity contribution in [1.82, 2.24) is 10.6 Å². The van der Waals surface area contributed by atoms with Crippen LogP contribution in [0.3, 0.4) is 0 Å². The van der Waals surface area contributed by atoms with Crippen LogP contribution in [-0.4, -0.2) is 24.5 Å². The van der Waals surface area contributed by atoms with E-state index in [1.54, 1.807) is 0 Å². The Morgan fingerprint density at radius 2 is 1.53 bits per heavy atom. The van der Waals surface area contributed by atoms with Crippen molar-refractivity contribution in [2.45, 2.75) is 53.5 Å². The summed E-state index contributed by atoms with van der Waals surface area (Å²) in [7, 11) is 0. The molecule has 0 atom stereocenters. The molecule has 0 unspecified atom stereocenters. The molecule has 15 heavy (non-hydrogen) atoms. The summed E-state index contributed by atoms with van der Waals surface area (Å²) in [5, 5.41) is 6.31. The number of hydrogen-bond acceptors (Lipinski definition) is 2. The molecule has 0 rings (SSSR count). The average Bonchev–Trinajstić information content (AvgIpc) is 1.99. The summed E-state index contributed by atoms with van der Waals surface area (Å²) in [6, 6.07) is 0. The monoisotopic (exact) mass is 214 g/mol. The van der Waals surface area contributed by atoms with Crippen molar-refractivity contribution in [3.63, 3.8) is 0 Å². The lowest BCUT2D eigenvalue weighted by atomic mass is 9.96. The summed E-state index contributed by atoms with van der Waals surface area (Å²) < 4.78 is 0. The summed E-state index contributed by atoms with van der Waals surface area (Å²) in [4.78, 5) is 11.5. The fourth-order valence-corrected chi connectivity index (χ4v) is 1.02. The summed E-state index contributed by atoms with van der Waals surface area (Å²) in [6.45, 7) is 13.9. The van der Waals surface area contributed by atoms with Gasteiger partial charge in [0.1, 0.15) is 0 Å². The molecule has 2 N–H and O–H groups in total. The van der Waals surface area contributed by atoms with Crippen LogP contribution in [0.2, 0.25) is 0 Å². The summed E-state index contributed by atoms with van der Waals surface area (Å²) >= 11 is 0. The molecule has 0 radical (unpaired) electrons. The quantitative estimate of drug-likeness (QED) is 0.702. The Balaban J connectivity index is 3.53. The molecular weight excluding hydrogens is 188 g/mol. The minimum atomic E-state index is -0.280. The molecule has 3 nitrogen and oxygen atoms in total. The lowest BCUT2D eigenvalue weighted by molar-refractivity contribution is -0.128. The molecule has 0 aliphatic carbocycles. The van der Waals surface area contributed by atoms with Crippen molar-refractivity contribution < 1.29 is 4.79 Å². The SMILES string of the molecule is CC(C)(C)NCCCNC(=O)C(C)(C)C. The van der Waals surface area contributed by atoms with Crippen LogP contribution in [0.25, 0.3) is 0 Å². The van der Waals surface area contributed by atoms with Crippen LogP contribution in [-0.2, 0) is 4.79 Å². The predicted octanol–water partition coefficient (Wildman–Crippen LogP) is 1.93. The number of rotatable bonds is 4. The maximum absolute atomic E-state index is 11.5. The van der Waals surface area contributed by atoms with E-state index >= 15 is 0 Å². The van der Waals surface area contributed by atoms with Gasteiger partial charge in [0.15, 0.2) is 0 Å². The van der Waals surface area contributed by atoms with Gasteiger partial charge in [-0.15, -0.1) is 0 Å². The molecule has 0 saturated heterocycles. The van der Waals surface area contributed by atoms with E-state index in [0.717, 1.165) is 19.5 Å². The van der Waals surface area contributed by atoms with Crippen LogP contribution in [0.1, 0.15) is 48.0 Å². The third kappa shape index (κ3) is 8.43. The summed E-state index contributed by atoms with van der Waals surface area (Å²) in [6.07, 6.45) is 0.971. The summed E-state index contributed by atoms with van der Waals surface area (Å²) in [5.41, 5.74) is -0.120. The van der Waals surface area contributed by atoms with Crippen molar-refractivity contribution in [2.75, 3.05) is 13.1 Å². The second kappa shape index (κ2) is 5.50. The maximum Gasteiger partial charge on any atom is 0.225 e. The minimum Gasteiger partial charge on any atom is -0.356 e. The zero-order chi connectivity index (χ0) is 12.1. The Morgan fingerprint density at radius 3 is 1.93 bits per heavy atom. The number of hydrogen-bond donors (Lipinski definition) is 2. The van der Waals surface area contributed by atoms with E-state index in [4.69, 9.17) is 0 Å². The average molecular weight is 214 g/mol. The van der Waals surface area contributed by atoms with Crippen LogP contribution in [0.4, 0.5) is 0 Å². The van der Waals surface area contributed by atoms with E-state index in [-0.39, 0.29) is 16.9 Å². The molecule has 3 heteroatoms. The van der Waals surface area contributed by atoms with Gasteiger partial charge in [0, 0.05) is 17.5 Å². The van der Waals surface area contributed by atoms with Gasteiger partial charge in [-0.2, -0.15) is 0 Å². The highest BCUT2D eigenvalue weighted by molar-refractivity contribution is 5.81. The van der Waals surface area contributed by atoms with Crippen LogP contribution >= 0.6 is 0 Å². The first-order valence-corrected chi connectivity index (χ1v) is 5.66. The molecule has 0 aliphatic heterocycles. The fraction of sp³-hybridized carbons (Fsp3) is 0.917. The van der Waals surface area contributed by atoms with Crippen molar-refractivity contribution in [3.05, 3.63) is 0 Å². The molecule has 0 heterocycles. The van der Waals surface area contributed by atoms with Gasteiger partial charge < -0.3 is 10.6 Å². The third-order valence-electron chi connectivity index (χ3n) is 1.98. The highest BCUT2D eigenvalue weighted by Gasteiger charge is 2.20. The zero-order valence-corrected chi connectivity index (χ0v) is 11.0. The molecule has 0 bridgehead atoms. The molecule has 0 aromatic heterocycles. The minimum absolute atomic E-state index is 0.123. The zero-order valence-electron chi connectivity index (χ0n) is 11.0. The van der Waals surface area contributed by atoms with Crippen LogP contribution in [0.15, 0.2) is 0 Å². The molecule has 0 aromatic rings. The Hall–Kier alpha value is -0.570. The standard InChI is InChI=1S/C12H26N2O/c1-11(2,3)10(15)13-8-7-9-14-12(4,5)6/h14H,7-9H2,1-6H3,(H,13,15). The fourth-order valence-electron chi connectivity index (χ4n) is 1.02. The van der Waals surface area contributed by atoms with Crippen molar-refractivity contribution >= 4 is 5.91 Å². The Morgan fingerprint density at radius 1 is 1.00 bits per heavy atom. The topological polar surface area (TPSA) is 41.1 Å². The van der Waals surface area contributed by atoms with E-state index in [2.05, 4.69) is 31.4 Å². The number of nitrogens with one attached hydrogen (secondary N) is 2. The Kier molecular flexibility index (Phi) is 5.29. The second-order valence-corrected chi connectivity index (χ2v) is 6.04. The lowest BCUT2D eigenvalue weighted by Crippen LogP contribution is -2.39. The van der Waals surface area contributed by atoms with Crippen molar-refractivity contribution in [1.29, 1.82) is 0 Å². The van der Waals surface area contributed by atoms with E-state index in [9.17, 15) is 4.79 Å². The van der Waals surface area contributed by atoms with Gasteiger partial charge >= 0.3 is 0 Å². The van der Waals surface area contributed by atoms with E-state index in [1.807, 2.05) is 20.8 Å². The highest BCUT2D eigenvalue weighted by atomic mass is 16.2. The first kappa shape index (κ1) is 14.4. The van der Waals surface area contributed by atoms with E-state index in [0.29, 0.717) is 0 Å². The molecule has 0 aliphatic rings. The van der Waals surface area contributed by atoms with Gasteiger partial charge in [-0.1, -0.05) is 20.8 Å². The van der Waals surface area contributed by atoms with Gasteiger partial charge in [0.25, 0.3) is 0 Å². The summed E-state index contributed by atoms with van der Waals surface area (Å²) in [5.74, 6) is 0.123. The first-order chi connectivity index (χ1) is 6.63. The van der Waals surface area contributed by atoms with Gasteiger partial charge in [0.2, 0.25) is 5.91 Å². The van der Waals surface area contributed by atoms with Gasteiger partial charge in [0.05, 0.1) is 0 Å². The van der Waals surface area contributed by atoms with Crippen molar-refractivity contribution in [3.8, 4) is 0 Å².